The fourth-order valence-electron chi connectivity index (χ4n) is 2.38. The Balaban J connectivity index is 0. The van der Waals surface area contributed by atoms with Crippen molar-refractivity contribution in [1.29, 1.82) is 0 Å². The molecule has 1 aliphatic rings. The van der Waals surface area contributed by atoms with Crippen LogP contribution in [-0.4, -0.2) is 26.7 Å². The van der Waals surface area contributed by atoms with Gasteiger partial charge in [0, 0.05) is 12.5 Å². The normalized spacial score (nSPS) is 11.3. The SMILES string of the molecule is CCC1=CC(Br)=C([N+](=O)[O-])C1.CCc1cc(Br)c([N+](=O)[O-])n1CC.O=C=O.O=C=O. The smallest absolute Gasteiger partial charge is 0.358 e. The minimum Gasteiger partial charge on any atom is -0.358 e. The summed E-state index contributed by atoms with van der Waals surface area (Å²) in [6, 6.07) is 1.81. The first-order valence-electron chi connectivity index (χ1n) is 8.33. The molecule has 30 heavy (non-hydrogen) atoms. The minimum atomic E-state index is -0.354. The molecule has 1 aliphatic carbocycles. The van der Waals surface area contributed by atoms with Crippen molar-refractivity contribution in [3.8, 4) is 0 Å². The zero-order chi connectivity index (χ0) is 23.9. The highest BCUT2D eigenvalue weighted by atomic mass is 79.9. The van der Waals surface area contributed by atoms with Gasteiger partial charge in [-0.05, 0) is 56.2 Å². The third-order valence-electron chi connectivity index (χ3n) is 3.64. The molecule has 0 aliphatic heterocycles. The molecule has 0 N–H and O–H groups in total. The van der Waals surface area contributed by atoms with Gasteiger partial charge in [-0.3, -0.25) is 10.1 Å². The Hall–Kier alpha value is -2.72. The molecular weight excluding hydrogens is 534 g/mol. The van der Waals surface area contributed by atoms with Crippen molar-refractivity contribution in [3.63, 3.8) is 0 Å². The van der Waals surface area contributed by atoms with Gasteiger partial charge in [0.05, 0.1) is 22.4 Å². The molecule has 2 rings (SSSR count). The number of hydrogen-bond donors (Lipinski definition) is 0. The fraction of sp³-hybridized carbons (Fsp3) is 0.412. The molecule has 11 nitrogen and oxygen atoms in total. The van der Waals surface area contributed by atoms with Gasteiger partial charge >= 0.3 is 18.1 Å². The third kappa shape index (κ3) is 9.66. The molecule has 0 saturated heterocycles. The highest BCUT2D eigenvalue weighted by Gasteiger charge is 2.22. The maximum absolute atomic E-state index is 10.7. The Labute approximate surface area is 188 Å². The van der Waals surface area contributed by atoms with Crippen LogP contribution in [0.2, 0.25) is 0 Å². The molecule has 0 atom stereocenters. The van der Waals surface area contributed by atoms with Crippen molar-refractivity contribution in [2.24, 2.45) is 0 Å². The molecule has 0 bridgehead atoms. The average Bonchev–Trinajstić information content (AvgIpc) is 3.22. The van der Waals surface area contributed by atoms with Crippen molar-refractivity contribution in [2.45, 2.75) is 46.6 Å². The molecular formula is C17H19Br2N3O8. The van der Waals surface area contributed by atoms with Gasteiger partial charge in [0.15, 0.2) is 0 Å². The molecule has 0 spiro atoms. The van der Waals surface area contributed by atoms with E-state index in [4.69, 9.17) is 19.2 Å². The molecule has 0 unspecified atom stereocenters. The van der Waals surface area contributed by atoms with Gasteiger partial charge in [-0.1, -0.05) is 19.4 Å². The van der Waals surface area contributed by atoms with Crippen LogP contribution in [0.5, 0.6) is 0 Å². The lowest BCUT2D eigenvalue weighted by atomic mass is 10.2. The minimum absolute atomic E-state index is 0.152. The van der Waals surface area contributed by atoms with Gasteiger partial charge in [0.1, 0.15) is 10.2 Å². The number of rotatable bonds is 5. The van der Waals surface area contributed by atoms with E-state index in [0.29, 0.717) is 21.9 Å². The predicted molar refractivity (Wildman–Crippen MR) is 110 cm³/mol. The molecule has 0 amide bonds. The molecule has 13 heteroatoms. The number of nitro groups is 2. The summed E-state index contributed by atoms with van der Waals surface area (Å²) in [6.45, 7) is 6.51. The van der Waals surface area contributed by atoms with Crippen LogP contribution in [0, 0.1) is 20.2 Å². The molecule has 0 saturated carbocycles. The number of carbonyl (C=O) groups excluding carboxylic acids is 4. The van der Waals surface area contributed by atoms with Crippen molar-refractivity contribution < 1.29 is 29.0 Å². The summed E-state index contributed by atoms with van der Waals surface area (Å²) >= 11 is 6.34. The van der Waals surface area contributed by atoms with E-state index in [0.717, 1.165) is 24.1 Å². The number of nitrogens with zero attached hydrogens (tertiary/aromatic N) is 3. The highest BCUT2D eigenvalue weighted by molar-refractivity contribution is 9.12. The molecule has 1 aromatic heterocycles. The molecule has 1 aromatic rings. The fourth-order valence-corrected chi connectivity index (χ4v) is 3.61. The summed E-state index contributed by atoms with van der Waals surface area (Å²) in [7, 11) is 0. The second-order valence-corrected chi connectivity index (χ2v) is 6.92. The lowest BCUT2D eigenvalue weighted by Crippen LogP contribution is -2.04. The lowest BCUT2D eigenvalue weighted by molar-refractivity contribution is -0.426. The number of halogens is 2. The van der Waals surface area contributed by atoms with Gasteiger partial charge in [0.25, 0.3) is 5.70 Å². The second-order valence-electron chi connectivity index (χ2n) is 5.21. The van der Waals surface area contributed by atoms with Gasteiger partial charge in [-0.25, -0.2) is 4.57 Å². The van der Waals surface area contributed by atoms with Crippen LogP contribution in [0.1, 0.15) is 39.3 Å². The Morgan fingerprint density at radius 1 is 1.00 bits per heavy atom. The molecule has 164 valence electrons. The van der Waals surface area contributed by atoms with E-state index in [9.17, 15) is 20.2 Å². The van der Waals surface area contributed by atoms with E-state index in [1.54, 1.807) is 4.57 Å². The maximum atomic E-state index is 10.7. The zero-order valence-electron chi connectivity index (χ0n) is 16.3. The lowest BCUT2D eigenvalue weighted by Gasteiger charge is -2.00. The second kappa shape index (κ2) is 16.1. The van der Waals surface area contributed by atoms with Crippen molar-refractivity contribution in [3.05, 3.63) is 58.3 Å². The average molecular weight is 553 g/mol. The summed E-state index contributed by atoms with van der Waals surface area (Å²) in [5.41, 5.74) is 2.38. The largest absolute Gasteiger partial charge is 0.373 e. The van der Waals surface area contributed by atoms with Gasteiger partial charge in [-0.2, -0.15) is 19.2 Å². The summed E-state index contributed by atoms with van der Waals surface area (Å²) in [4.78, 5) is 52.9. The Kier molecular flexibility index (Phi) is 15.8. The maximum Gasteiger partial charge on any atom is 0.373 e. The van der Waals surface area contributed by atoms with Crippen LogP contribution >= 0.6 is 31.9 Å². The number of hydrogen-bond acceptors (Lipinski definition) is 8. The highest BCUT2D eigenvalue weighted by Crippen LogP contribution is 2.31. The molecule has 1 heterocycles. The molecule has 0 fully saturated rings. The van der Waals surface area contributed by atoms with Crippen LogP contribution in [0.3, 0.4) is 0 Å². The Morgan fingerprint density at radius 3 is 1.77 bits per heavy atom. The first kappa shape index (κ1) is 29.5. The third-order valence-corrected chi connectivity index (χ3v) is 4.91. The van der Waals surface area contributed by atoms with Crippen LogP contribution in [0.15, 0.2) is 32.4 Å². The first-order valence-corrected chi connectivity index (χ1v) is 9.91. The van der Waals surface area contributed by atoms with Crippen molar-refractivity contribution >= 4 is 50.0 Å². The van der Waals surface area contributed by atoms with Crippen molar-refractivity contribution in [2.75, 3.05) is 0 Å². The standard InChI is InChI=1S/C8H11BrN2O2.C7H8BrNO2.2CO2/c1-3-6-5-7(9)8(11(12)13)10(6)4-2;1-2-5-3-6(8)7(4-5)9(10)11;2*2-1-3/h5H,3-4H2,1-2H3;3H,2,4H2,1H3;;. The first-order chi connectivity index (χ1) is 14.1. The number of aryl methyl sites for hydroxylation is 1. The van der Waals surface area contributed by atoms with E-state index in [1.165, 1.54) is 0 Å². The van der Waals surface area contributed by atoms with E-state index < -0.39 is 0 Å². The number of allylic oxidation sites excluding steroid dienone is 3. The topological polar surface area (TPSA) is 159 Å². The summed E-state index contributed by atoms with van der Waals surface area (Å²) < 4.78 is 2.90. The summed E-state index contributed by atoms with van der Waals surface area (Å²) in [5.74, 6) is 0.152. The van der Waals surface area contributed by atoms with Crippen LogP contribution in [0.4, 0.5) is 5.82 Å². The molecule has 0 aromatic carbocycles. The van der Waals surface area contributed by atoms with Crippen LogP contribution in [-0.2, 0) is 32.1 Å². The predicted octanol–water partition coefficient (Wildman–Crippen LogP) is 4.18. The van der Waals surface area contributed by atoms with Crippen LogP contribution < -0.4 is 0 Å². The molecule has 0 radical (unpaired) electrons. The van der Waals surface area contributed by atoms with Gasteiger partial charge < -0.3 is 10.1 Å². The monoisotopic (exact) mass is 551 g/mol. The van der Waals surface area contributed by atoms with Gasteiger partial charge in [-0.15, -0.1) is 0 Å². The van der Waals surface area contributed by atoms with E-state index in [2.05, 4.69) is 31.9 Å². The Bertz CT molecular complexity index is 866. The number of aromatic nitrogens is 1. The van der Waals surface area contributed by atoms with E-state index in [-0.39, 0.29) is 33.7 Å². The van der Waals surface area contributed by atoms with E-state index >= 15 is 0 Å². The van der Waals surface area contributed by atoms with Gasteiger partial charge in [0.2, 0.25) is 0 Å². The van der Waals surface area contributed by atoms with E-state index in [1.807, 2.05) is 32.9 Å². The Morgan fingerprint density at radius 2 is 1.50 bits per heavy atom. The summed E-state index contributed by atoms with van der Waals surface area (Å²) in [6.07, 6.45) is 4.51. The quantitative estimate of drug-likeness (QED) is 0.388. The zero-order valence-corrected chi connectivity index (χ0v) is 19.5. The summed E-state index contributed by atoms with van der Waals surface area (Å²) in [5, 5.41) is 21.0. The van der Waals surface area contributed by atoms with Crippen molar-refractivity contribution in [1.82, 2.24) is 4.57 Å². The van der Waals surface area contributed by atoms with Crippen LogP contribution in [0.25, 0.3) is 0 Å².